The molecule has 0 aliphatic heterocycles. The molecule has 1 amide bonds. The predicted octanol–water partition coefficient (Wildman–Crippen LogP) is 1.80. The Bertz CT molecular complexity index is 519. The number of aryl methyl sites for hydroxylation is 1. The monoisotopic (exact) mass is 258 g/mol. The van der Waals surface area contributed by atoms with Crippen LogP contribution in [-0.2, 0) is 11.2 Å². The quantitative estimate of drug-likeness (QED) is 0.715. The largest absolute Gasteiger partial charge is 0.399 e. The molecule has 1 aromatic heterocycles. The van der Waals surface area contributed by atoms with Crippen LogP contribution in [-0.4, -0.2) is 16.1 Å². The molecule has 0 bridgehead atoms. The zero-order valence-corrected chi connectivity index (χ0v) is 10.9. The van der Waals surface area contributed by atoms with Crippen molar-refractivity contribution >= 4 is 11.6 Å². The first-order valence-corrected chi connectivity index (χ1v) is 6.27. The van der Waals surface area contributed by atoms with Gasteiger partial charge in [-0.25, -0.2) is 0 Å². The Morgan fingerprint density at radius 1 is 1.42 bits per heavy atom. The molecule has 1 aromatic carbocycles. The van der Waals surface area contributed by atoms with Crippen molar-refractivity contribution in [3.05, 3.63) is 47.8 Å². The zero-order valence-electron chi connectivity index (χ0n) is 10.9. The van der Waals surface area contributed by atoms with Crippen LogP contribution >= 0.6 is 0 Å². The maximum atomic E-state index is 11.8. The van der Waals surface area contributed by atoms with Crippen molar-refractivity contribution < 1.29 is 4.79 Å². The van der Waals surface area contributed by atoms with Crippen LogP contribution in [0.15, 0.2) is 36.7 Å². The molecule has 5 heteroatoms. The second-order valence-corrected chi connectivity index (χ2v) is 4.56. The standard InChI is InChI=1S/C14H18N4O/c1-10(12-8-16-17-9-12)18-14(19)7-4-11-2-5-13(15)6-3-11/h2-3,5-6,8-10H,4,7,15H2,1H3,(H,16,17)(H,18,19). The van der Waals surface area contributed by atoms with Crippen LogP contribution in [0.5, 0.6) is 0 Å². The van der Waals surface area contributed by atoms with E-state index in [0.717, 1.165) is 16.8 Å². The molecule has 5 nitrogen and oxygen atoms in total. The van der Waals surface area contributed by atoms with Gasteiger partial charge in [0.15, 0.2) is 0 Å². The number of aromatic amines is 1. The number of nitrogen functional groups attached to an aromatic ring is 1. The summed E-state index contributed by atoms with van der Waals surface area (Å²) >= 11 is 0. The number of anilines is 1. The van der Waals surface area contributed by atoms with Gasteiger partial charge in [0.25, 0.3) is 0 Å². The highest BCUT2D eigenvalue weighted by Gasteiger charge is 2.10. The summed E-state index contributed by atoms with van der Waals surface area (Å²) in [6, 6.07) is 7.56. The van der Waals surface area contributed by atoms with Crippen molar-refractivity contribution in [1.82, 2.24) is 15.5 Å². The molecule has 0 aliphatic carbocycles. The maximum absolute atomic E-state index is 11.8. The third-order valence-corrected chi connectivity index (χ3v) is 3.02. The van der Waals surface area contributed by atoms with Gasteiger partial charge in [-0.15, -0.1) is 0 Å². The summed E-state index contributed by atoms with van der Waals surface area (Å²) in [6.07, 6.45) is 4.67. The van der Waals surface area contributed by atoms with Crippen molar-refractivity contribution in [1.29, 1.82) is 0 Å². The van der Waals surface area contributed by atoms with Crippen LogP contribution in [0.25, 0.3) is 0 Å². The minimum Gasteiger partial charge on any atom is -0.399 e. The van der Waals surface area contributed by atoms with E-state index in [0.29, 0.717) is 12.8 Å². The Balaban J connectivity index is 1.80. The molecule has 2 rings (SSSR count). The van der Waals surface area contributed by atoms with Gasteiger partial charge in [-0.2, -0.15) is 5.10 Å². The fourth-order valence-corrected chi connectivity index (χ4v) is 1.84. The molecular weight excluding hydrogens is 240 g/mol. The van der Waals surface area contributed by atoms with Crippen LogP contribution in [0, 0.1) is 0 Å². The highest BCUT2D eigenvalue weighted by Crippen LogP contribution is 2.11. The molecule has 0 aliphatic rings. The molecule has 100 valence electrons. The van der Waals surface area contributed by atoms with Gasteiger partial charge in [0, 0.05) is 23.9 Å². The minimum absolute atomic E-state index is 0.0299. The number of benzene rings is 1. The molecule has 1 heterocycles. The summed E-state index contributed by atoms with van der Waals surface area (Å²) in [7, 11) is 0. The normalized spacial score (nSPS) is 12.1. The number of carbonyl (C=O) groups excluding carboxylic acids is 1. The van der Waals surface area contributed by atoms with Gasteiger partial charge in [-0.05, 0) is 31.0 Å². The third kappa shape index (κ3) is 3.84. The van der Waals surface area contributed by atoms with E-state index in [1.54, 1.807) is 12.4 Å². The van der Waals surface area contributed by atoms with Crippen LogP contribution in [0.3, 0.4) is 0 Å². The number of aromatic nitrogens is 2. The lowest BCUT2D eigenvalue weighted by molar-refractivity contribution is -0.121. The van der Waals surface area contributed by atoms with E-state index in [9.17, 15) is 4.79 Å². The van der Waals surface area contributed by atoms with Crippen LogP contribution in [0.1, 0.15) is 30.5 Å². The van der Waals surface area contributed by atoms with Gasteiger partial charge >= 0.3 is 0 Å². The highest BCUT2D eigenvalue weighted by atomic mass is 16.1. The topological polar surface area (TPSA) is 83.8 Å². The predicted molar refractivity (Wildman–Crippen MR) is 74.3 cm³/mol. The SMILES string of the molecule is CC(NC(=O)CCc1ccc(N)cc1)c1cn[nH]c1. The van der Waals surface area contributed by atoms with E-state index in [2.05, 4.69) is 15.5 Å². The van der Waals surface area contributed by atoms with E-state index < -0.39 is 0 Å². The number of carbonyl (C=O) groups is 1. The number of nitrogens with zero attached hydrogens (tertiary/aromatic N) is 1. The second kappa shape index (κ2) is 6.04. The summed E-state index contributed by atoms with van der Waals surface area (Å²) in [5.41, 5.74) is 8.44. The van der Waals surface area contributed by atoms with Crippen molar-refractivity contribution in [3.8, 4) is 0 Å². The van der Waals surface area contributed by atoms with Gasteiger partial charge in [0.05, 0.1) is 12.2 Å². The number of amides is 1. The number of hydrogen-bond donors (Lipinski definition) is 3. The Kier molecular flexibility index (Phi) is 4.18. The maximum Gasteiger partial charge on any atom is 0.220 e. The Labute approximate surface area is 112 Å². The molecule has 0 saturated carbocycles. The summed E-state index contributed by atoms with van der Waals surface area (Å²) in [6.45, 7) is 1.94. The van der Waals surface area contributed by atoms with E-state index >= 15 is 0 Å². The van der Waals surface area contributed by atoms with Crippen molar-refractivity contribution in [3.63, 3.8) is 0 Å². The molecule has 0 fully saturated rings. The van der Waals surface area contributed by atoms with Crippen LogP contribution in [0.4, 0.5) is 5.69 Å². The number of nitrogens with two attached hydrogens (primary N) is 1. The lowest BCUT2D eigenvalue weighted by Crippen LogP contribution is -2.26. The van der Waals surface area contributed by atoms with Gasteiger partial charge < -0.3 is 11.1 Å². The summed E-state index contributed by atoms with van der Waals surface area (Å²) in [4.78, 5) is 11.8. The van der Waals surface area contributed by atoms with Crippen molar-refractivity contribution in [2.45, 2.75) is 25.8 Å². The second-order valence-electron chi connectivity index (χ2n) is 4.56. The van der Waals surface area contributed by atoms with E-state index in [1.165, 1.54) is 0 Å². The van der Waals surface area contributed by atoms with E-state index in [4.69, 9.17) is 5.73 Å². The lowest BCUT2D eigenvalue weighted by atomic mass is 10.1. The van der Waals surface area contributed by atoms with Gasteiger partial charge in [0.1, 0.15) is 0 Å². The van der Waals surface area contributed by atoms with Crippen molar-refractivity contribution in [2.24, 2.45) is 0 Å². The molecule has 1 atom stereocenters. The minimum atomic E-state index is -0.0299. The fraction of sp³-hybridized carbons (Fsp3) is 0.286. The molecule has 4 N–H and O–H groups in total. The highest BCUT2D eigenvalue weighted by molar-refractivity contribution is 5.76. The summed E-state index contributed by atoms with van der Waals surface area (Å²) < 4.78 is 0. The number of nitrogens with one attached hydrogen (secondary N) is 2. The zero-order chi connectivity index (χ0) is 13.7. The summed E-state index contributed by atoms with van der Waals surface area (Å²) in [5, 5.41) is 9.54. The fourth-order valence-electron chi connectivity index (χ4n) is 1.84. The Hall–Kier alpha value is -2.30. The first-order chi connectivity index (χ1) is 9.15. The lowest BCUT2D eigenvalue weighted by Gasteiger charge is -2.11. The average molecular weight is 258 g/mol. The van der Waals surface area contributed by atoms with Crippen LogP contribution in [0.2, 0.25) is 0 Å². The summed E-state index contributed by atoms with van der Waals surface area (Å²) in [5.74, 6) is 0.0329. The number of H-pyrrole nitrogens is 1. The van der Waals surface area contributed by atoms with Crippen molar-refractivity contribution in [2.75, 3.05) is 5.73 Å². The molecule has 1 unspecified atom stereocenters. The molecular formula is C14H18N4O. The van der Waals surface area contributed by atoms with E-state index in [1.807, 2.05) is 31.2 Å². The molecule has 2 aromatic rings. The molecule has 0 radical (unpaired) electrons. The molecule has 19 heavy (non-hydrogen) atoms. The first-order valence-electron chi connectivity index (χ1n) is 6.27. The van der Waals surface area contributed by atoms with Gasteiger partial charge in [-0.3, -0.25) is 9.89 Å². The van der Waals surface area contributed by atoms with Crippen LogP contribution < -0.4 is 11.1 Å². The third-order valence-electron chi connectivity index (χ3n) is 3.02. The Morgan fingerprint density at radius 2 is 2.16 bits per heavy atom. The smallest absolute Gasteiger partial charge is 0.220 e. The van der Waals surface area contributed by atoms with E-state index in [-0.39, 0.29) is 11.9 Å². The molecule has 0 spiro atoms. The number of rotatable bonds is 5. The van der Waals surface area contributed by atoms with Gasteiger partial charge in [0.2, 0.25) is 5.91 Å². The van der Waals surface area contributed by atoms with Gasteiger partial charge in [-0.1, -0.05) is 12.1 Å². The average Bonchev–Trinajstić information content (AvgIpc) is 2.92. The first kappa shape index (κ1) is 13.1. The number of hydrogen-bond acceptors (Lipinski definition) is 3. The molecule has 0 saturated heterocycles. The Morgan fingerprint density at radius 3 is 2.79 bits per heavy atom.